The van der Waals surface area contributed by atoms with E-state index >= 15 is 0 Å². The summed E-state index contributed by atoms with van der Waals surface area (Å²) in [5.74, 6) is 0.993. The third kappa shape index (κ3) is 3.43. The molecule has 0 unspecified atom stereocenters. The molecule has 20 heavy (non-hydrogen) atoms. The smallest absolute Gasteiger partial charge is 0.146 e. The minimum Gasteiger partial charge on any atom is -0.380 e. The summed E-state index contributed by atoms with van der Waals surface area (Å²) in [7, 11) is 0. The molecule has 2 heterocycles. The van der Waals surface area contributed by atoms with Crippen LogP contribution in [0.15, 0.2) is 36.7 Å². The Morgan fingerprint density at radius 3 is 3.00 bits per heavy atom. The minimum absolute atomic E-state index is 0.453. The lowest BCUT2D eigenvalue weighted by Crippen LogP contribution is -2.29. The van der Waals surface area contributed by atoms with Crippen LogP contribution in [0.4, 0.5) is 0 Å². The molecule has 1 saturated heterocycles. The lowest BCUT2D eigenvalue weighted by molar-refractivity contribution is 0.189. The maximum absolute atomic E-state index is 5.36. The average molecular weight is 272 g/mol. The predicted octanol–water partition coefficient (Wildman–Crippen LogP) is 1.40. The largest absolute Gasteiger partial charge is 0.380 e. The van der Waals surface area contributed by atoms with E-state index in [-0.39, 0.29) is 0 Å². The molecule has 0 spiro atoms. The Labute approximate surface area is 119 Å². The molecular weight excluding hydrogens is 252 g/mol. The number of benzene rings is 1. The monoisotopic (exact) mass is 272 g/mol. The molecule has 5 nitrogen and oxygen atoms in total. The van der Waals surface area contributed by atoms with Crippen molar-refractivity contribution in [2.24, 2.45) is 0 Å². The normalized spacial score (nSPS) is 18.5. The third-order valence-corrected chi connectivity index (χ3v) is 3.66. The van der Waals surface area contributed by atoms with Gasteiger partial charge in [0.2, 0.25) is 0 Å². The van der Waals surface area contributed by atoms with Crippen LogP contribution in [0.1, 0.15) is 17.8 Å². The van der Waals surface area contributed by atoms with Crippen LogP contribution >= 0.6 is 0 Å². The molecule has 0 amide bonds. The second-order valence-corrected chi connectivity index (χ2v) is 5.12. The van der Waals surface area contributed by atoms with Crippen molar-refractivity contribution in [1.82, 2.24) is 20.1 Å². The molecule has 0 aliphatic carbocycles. The topological polar surface area (TPSA) is 52.0 Å². The van der Waals surface area contributed by atoms with Crippen molar-refractivity contribution in [2.45, 2.75) is 32.0 Å². The van der Waals surface area contributed by atoms with E-state index < -0.39 is 0 Å². The standard InChI is InChI=1S/C15H20N4O/c1-2-4-13(5-3-1)6-8-19-12-17-18-15(19)10-16-14-7-9-20-11-14/h1-5,12,14,16H,6-11H2/t14-/m0/s1. The summed E-state index contributed by atoms with van der Waals surface area (Å²) in [6, 6.07) is 10.9. The summed E-state index contributed by atoms with van der Waals surface area (Å²) in [6.07, 6.45) is 3.89. The fourth-order valence-electron chi connectivity index (χ4n) is 2.43. The average Bonchev–Trinajstić information content (AvgIpc) is 3.15. The van der Waals surface area contributed by atoms with Crippen molar-refractivity contribution in [3.05, 3.63) is 48.0 Å². The molecule has 1 fully saturated rings. The van der Waals surface area contributed by atoms with E-state index in [1.54, 1.807) is 0 Å². The van der Waals surface area contributed by atoms with Gasteiger partial charge in [-0.2, -0.15) is 0 Å². The number of rotatable bonds is 6. The summed E-state index contributed by atoms with van der Waals surface area (Å²) in [4.78, 5) is 0. The first-order valence-corrected chi connectivity index (χ1v) is 7.13. The molecule has 5 heteroatoms. The maximum atomic E-state index is 5.36. The van der Waals surface area contributed by atoms with Gasteiger partial charge in [-0.15, -0.1) is 10.2 Å². The van der Waals surface area contributed by atoms with Gasteiger partial charge in [-0.05, 0) is 18.4 Å². The Morgan fingerprint density at radius 1 is 1.30 bits per heavy atom. The van der Waals surface area contributed by atoms with Crippen molar-refractivity contribution in [3.8, 4) is 0 Å². The van der Waals surface area contributed by atoms with Gasteiger partial charge in [0.15, 0.2) is 0 Å². The van der Waals surface area contributed by atoms with Gasteiger partial charge in [-0.25, -0.2) is 0 Å². The van der Waals surface area contributed by atoms with Crippen molar-refractivity contribution in [1.29, 1.82) is 0 Å². The summed E-state index contributed by atoms with van der Waals surface area (Å²) < 4.78 is 7.48. The molecular formula is C15H20N4O. The van der Waals surface area contributed by atoms with Crippen molar-refractivity contribution < 1.29 is 4.74 Å². The van der Waals surface area contributed by atoms with Crippen LogP contribution in [0, 0.1) is 0 Å². The van der Waals surface area contributed by atoms with E-state index in [1.807, 2.05) is 12.4 Å². The Hall–Kier alpha value is -1.72. The highest BCUT2D eigenvalue weighted by atomic mass is 16.5. The number of aryl methyl sites for hydroxylation is 2. The van der Waals surface area contributed by atoms with Crippen LogP contribution in [0.5, 0.6) is 0 Å². The number of ether oxygens (including phenoxy) is 1. The van der Waals surface area contributed by atoms with Gasteiger partial charge in [0.1, 0.15) is 12.2 Å². The van der Waals surface area contributed by atoms with Crippen LogP contribution in [0.2, 0.25) is 0 Å². The van der Waals surface area contributed by atoms with Gasteiger partial charge in [-0.1, -0.05) is 30.3 Å². The number of hydrogen-bond donors (Lipinski definition) is 1. The van der Waals surface area contributed by atoms with Crippen LogP contribution in [-0.4, -0.2) is 34.0 Å². The molecule has 1 aliphatic heterocycles. The lowest BCUT2D eigenvalue weighted by atomic mass is 10.1. The molecule has 1 aromatic carbocycles. The molecule has 0 bridgehead atoms. The summed E-state index contributed by atoms with van der Waals surface area (Å²) in [5.41, 5.74) is 1.34. The Balaban J connectivity index is 1.53. The SMILES string of the molecule is c1ccc(CCn2cnnc2CN[C@H]2CCOC2)cc1. The molecule has 0 saturated carbocycles. The first-order valence-electron chi connectivity index (χ1n) is 7.13. The van der Waals surface area contributed by atoms with Crippen molar-refractivity contribution in [3.63, 3.8) is 0 Å². The van der Waals surface area contributed by atoms with E-state index in [0.717, 1.165) is 45.0 Å². The van der Waals surface area contributed by atoms with Gasteiger partial charge in [-0.3, -0.25) is 0 Å². The quantitative estimate of drug-likeness (QED) is 0.863. The second kappa shape index (κ2) is 6.63. The summed E-state index contributed by atoms with van der Waals surface area (Å²) >= 11 is 0. The summed E-state index contributed by atoms with van der Waals surface area (Å²) in [6.45, 7) is 3.33. The molecule has 106 valence electrons. The zero-order chi connectivity index (χ0) is 13.6. The van der Waals surface area contributed by atoms with Gasteiger partial charge < -0.3 is 14.6 Å². The Morgan fingerprint density at radius 2 is 2.20 bits per heavy atom. The van der Waals surface area contributed by atoms with Gasteiger partial charge >= 0.3 is 0 Å². The molecule has 1 N–H and O–H groups in total. The number of aromatic nitrogens is 3. The van der Waals surface area contributed by atoms with Crippen LogP contribution in [-0.2, 0) is 24.2 Å². The van der Waals surface area contributed by atoms with Gasteiger partial charge in [0.25, 0.3) is 0 Å². The van der Waals surface area contributed by atoms with E-state index in [0.29, 0.717) is 6.04 Å². The molecule has 0 radical (unpaired) electrons. The Kier molecular flexibility index (Phi) is 4.40. The molecule has 1 aromatic heterocycles. The zero-order valence-corrected chi connectivity index (χ0v) is 11.5. The van der Waals surface area contributed by atoms with Crippen LogP contribution in [0.3, 0.4) is 0 Å². The van der Waals surface area contributed by atoms with E-state index in [9.17, 15) is 0 Å². The van der Waals surface area contributed by atoms with E-state index in [1.165, 1.54) is 5.56 Å². The van der Waals surface area contributed by atoms with Crippen LogP contribution in [0.25, 0.3) is 0 Å². The fraction of sp³-hybridized carbons (Fsp3) is 0.467. The molecule has 2 aromatic rings. The second-order valence-electron chi connectivity index (χ2n) is 5.12. The lowest BCUT2D eigenvalue weighted by Gasteiger charge is -2.11. The zero-order valence-electron chi connectivity index (χ0n) is 11.5. The van der Waals surface area contributed by atoms with E-state index in [4.69, 9.17) is 4.74 Å². The first-order chi connectivity index (χ1) is 9.92. The predicted molar refractivity (Wildman–Crippen MR) is 76.2 cm³/mol. The number of hydrogen-bond acceptors (Lipinski definition) is 4. The summed E-state index contributed by atoms with van der Waals surface area (Å²) in [5, 5.41) is 11.7. The van der Waals surface area contributed by atoms with E-state index in [2.05, 4.69) is 44.3 Å². The molecule has 1 atom stereocenters. The van der Waals surface area contributed by atoms with Crippen LogP contribution < -0.4 is 5.32 Å². The number of nitrogens with one attached hydrogen (secondary N) is 1. The fourth-order valence-corrected chi connectivity index (χ4v) is 2.43. The number of nitrogens with zero attached hydrogens (tertiary/aromatic N) is 3. The molecule has 1 aliphatic rings. The maximum Gasteiger partial charge on any atom is 0.146 e. The highest BCUT2D eigenvalue weighted by Crippen LogP contribution is 2.06. The third-order valence-electron chi connectivity index (χ3n) is 3.66. The van der Waals surface area contributed by atoms with Gasteiger partial charge in [0.05, 0.1) is 13.2 Å². The van der Waals surface area contributed by atoms with Crippen molar-refractivity contribution in [2.75, 3.05) is 13.2 Å². The Bertz CT molecular complexity index is 520. The molecule has 3 rings (SSSR count). The van der Waals surface area contributed by atoms with Gasteiger partial charge in [0, 0.05) is 19.2 Å². The van der Waals surface area contributed by atoms with Crippen molar-refractivity contribution >= 4 is 0 Å². The minimum atomic E-state index is 0.453. The highest BCUT2D eigenvalue weighted by Gasteiger charge is 2.15. The first kappa shape index (κ1) is 13.3. The highest BCUT2D eigenvalue weighted by molar-refractivity contribution is 5.14.